The fraction of sp³-hybridized carbons (Fsp3) is 0.188. The Morgan fingerprint density at radius 2 is 1.84 bits per heavy atom. The lowest BCUT2D eigenvalue weighted by molar-refractivity contribution is 0.609. The van der Waals surface area contributed by atoms with E-state index in [1.54, 1.807) is 12.1 Å². The molecule has 0 aliphatic carbocycles. The van der Waals surface area contributed by atoms with Crippen LogP contribution in [0.5, 0.6) is 0 Å². The SMILES string of the molecule is Cc1cc(C)cc(NCc2cccc(C#N)c2F)c1. The van der Waals surface area contributed by atoms with E-state index >= 15 is 0 Å². The van der Waals surface area contributed by atoms with Crippen LogP contribution in [0, 0.1) is 31.0 Å². The van der Waals surface area contributed by atoms with Crippen molar-refractivity contribution < 1.29 is 4.39 Å². The van der Waals surface area contributed by atoms with Crippen LogP contribution in [0.25, 0.3) is 0 Å². The Morgan fingerprint density at radius 1 is 1.16 bits per heavy atom. The van der Waals surface area contributed by atoms with E-state index < -0.39 is 5.82 Å². The molecule has 96 valence electrons. The third-order valence-electron chi connectivity index (χ3n) is 2.90. The van der Waals surface area contributed by atoms with Crippen molar-refractivity contribution in [2.24, 2.45) is 0 Å². The summed E-state index contributed by atoms with van der Waals surface area (Å²) < 4.78 is 13.9. The molecule has 3 heteroatoms. The van der Waals surface area contributed by atoms with Gasteiger partial charge in [0.15, 0.2) is 0 Å². The maximum atomic E-state index is 13.9. The molecule has 2 nitrogen and oxygen atoms in total. The molecule has 2 rings (SSSR count). The number of hydrogen-bond acceptors (Lipinski definition) is 2. The molecule has 0 fully saturated rings. The van der Waals surface area contributed by atoms with Gasteiger partial charge in [-0.25, -0.2) is 4.39 Å². The molecule has 1 N–H and O–H groups in total. The Hall–Kier alpha value is -2.34. The van der Waals surface area contributed by atoms with Crippen LogP contribution in [0.2, 0.25) is 0 Å². The highest BCUT2D eigenvalue weighted by atomic mass is 19.1. The maximum absolute atomic E-state index is 13.9. The van der Waals surface area contributed by atoms with Gasteiger partial charge in [0, 0.05) is 17.8 Å². The fourth-order valence-electron chi connectivity index (χ4n) is 2.08. The number of rotatable bonds is 3. The highest BCUT2D eigenvalue weighted by Crippen LogP contribution is 2.17. The molecule has 0 atom stereocenters. The van der Waals surface area contributed by atoms with E-state index in [1.807, 2.05) is 32.0 Å². The first kappa shape index (κ1) is 13.1. The van der Waals surface area contributed by atoms with Crippen LogP contribution in [0.15, 0.2) is 36.4 Å². The Morgan fingerprint density at radius 3 is 2.47 bits per heavy atom. The van der Waals surface area contributed by atoms with Crippen LogP contribution in [-0.4, -0.2) is 0 Å². The monoisotopic (exact) mass is 254 g/mol. The molecule has 0 aromatic heterocycles. The average Bonchev–Trinajstić information content (AvgIpc) is 2.36. The molecule has 0 aliphatic rings. The van der Waals surface area contributed by atoms with Crippen LogP contribution in [0.1, 0.15) is 22.3 Å². The van der Waals surface area contributed by atoms with Crippen molar-refractivity contribution in [2.75, 3.05) is 5.32 Å². The van der Waals surface area contributed by atoms with Gasteiger partial charge in [-0.15, -0.1) is 0 Å². The van der Waals surface area contributed by atoms with Crippen molar-refractivity contribution in [1.29, 1.82) is 5.26 Å². The standard InChI is InChI=1S/C16H15FN2/c1-11-6-12(2)8-15(7-11)19-10-14-5-3-4-13(9-18)16(14)17/h3-8,19H,10H2,1-2H3. The van der Waals surface area contributed by atoms with Gasteiger partial charge in [-0.3, -0.25) is 0 Å². The normalized spacial score (nSPS) is 10.0. The minimum Gasteiger partial charge on any atom is -0.381 e. The number of nitrogens with zero attached hydrogens (tertiary/aromatic N) is 1. The van der Waals surface area contributed by atoms with Crippen molar-refractivity contribution in [2.45, 2.75) is 20.4 Å². The predicted molar refractivity (Wildman–Crippen MR) is 74.4 cm³/mol. The highest BCUT2D eigenvalue weighted by Gasteiger charge is 2.07. The lowest BCUT2D eigenvalue weighted by Crippen LogP contribution is -2.03. The number of hydrogen-bond donors (Lipinski definition) is 1. The summed E-state index contributed by atoms with van der Waals surface area (Å²) in [4.78, 5) is 0. The highest BCUT2D eigenvalue weighted by molar-refractivity contribution is 5.49. The molecular weight excluding hydrogens is 239 g/mol. The van der Waals surface area contributed by atoms with Gasteiger partial charge in [0.2, 0.25) is 0 Å². The van der Waals surface area contributed by atoms with Gasteiger partial charge < -0.3 is 5.32 Å². The van der Waals surface area contributed by atoms with Crippen molar-refractivity contribution in [3.63, 3.8) is 0 Å². The third-order valence-corrected chi connectivity index (χ3v) is 2.90. The van der Waals surface area contributed by atoms with Crippen molar-refractivity contribution >= 4 is 5.69 Å². The summed E-state index contributed by atoms with van der Waals surface area (Å²) in [6.07, 6.45) is 0. The van der Waals surface area contributed by atoms with Gasteiger partial charge in [-0.1, -0.05) is 18.2 Å². The predicted octanol–water partition coefficient (Wildman–Crippen LogP) is 3.93. The molecule has 0 bridgehead atoms. The van der Waals surface area contributed by atoms with Gasteiger partial charge in [0.1, 0.15) is 11.9 Å². The van der Waals surface area contributed by atoms with Crippen LogP contribution in [0.4, 0.5) is 10.1 Å². The van der Waals surface area contributed by atoms with E-state index in [9.17, 15) is 4.39 Å². The summed E-state index contributed by atoms with van der Waals surface area (Å²) in [5.41, 5.74) is 3.86. The molecule has 0 unspecified atom stereocenters. The zero-order valence-electron chi connectivity index (χ0n) is 11.0. The van der Waals surface area contributed by atoms with Gasteiger partial charge in [-0.2, -0.15) is 5.26 Å². The molecule has 0 saturated heterocycles. The summed E-state index contributed by atoms with van der Waals surface area (Å²) in [5.74, 6) is -0.443. The molecular formula is C16H15FN2. The number of halogens is 1. The number of anilines is 1. The van der Waals surface area contributed by atoms with Gasteiger partial charge in [0.05, 0.1) is 5.56 Å². The smallest absolute Gasteiger partial charge is 0.145 e. The number of nitriles is 1. The fourth-order valence-corrected chi connectivity index (χ4v) is 2.08. The number of benzene rings is 2. The molecule has 2 aromatic rings. The molecule has 0 heterocycles. The quantitative estimate of drug-likeness (QED) is 0.900. The van der Waals surface area contributed by atoms with Crippen molar-refractivity contribution in [3.8, 4) is 6.07 Å². The largest absolute Gasteiger partial charge is 0.381 e. The van der Waals surface area contributed by atoms with Crippen LogP contribution < -0.4 is 5.32 Å². The Labute approximate surface area is 112 Å². The lowest BCUT2D eigenvalue weighted by atomic mass is 10.1. The lowest BCUT2D eigenvalue weighted by Gasteiger charge is -2.10. The first-order valence-corrected chi connectivity index (χ1v) is 6.10. The summed E-state index contributed by atoms with van der Waals surface area (Å²) in [5, 5.41) is 12.0. The molecule has 0 aliphatic heterocycles. The van der Waals surface area contributed by atoms with Gasteiger partial charge in [0.25, 0.3) is 0 Å². The van der Waals surface area contributed by atoms with Crippen molar-refractivity contribution in [3.05, 3.63) is 64.5 Å². The number of aryl methyl sites for hydroxylation is 2. The van der Waals surface area contributed by atoms with Crippen LogP contribution in [-0.2, 0) is 6.54 Å². The van der Waals surface area contributed by atoms with E-state index in [4.69, 9.17) is 5.26 Å². The Kier molecular flexibility index (Phi) is 3.82. The van der Waals surface area contributed by atoms with Crippen LogP contribution in [0.3, 0.4) is 0 Å². The molecule has 0 spiro atoms. The molecule has 2 aromatic carbocycles. The second-order valence-corrected chi connectivity index (χ2v) is 4.62. The first-order chi connectivity index (χ1) is 9.10. The van der Waals surface area contributed by atoms with Crippen molar-refractivity contribution in [1.82, 2.24) is 0 Å². The Bertz CT molecular complexity index is 621. The summed E-state index contributed by atoms with van der Waals surface area (Å²) in [6, 6.07) is 12.8. The summed E-state index contributed by atoms with van der Waals surface area (Å²) >= 11 is 0. The molecule has 19 heavy (non-hydrogen) atoms. The second kappa shape index (κ2) is 5.53. The number of nitrogens with one attached hydrogen (secondary N) is 1. The zero-order valence-corrected chi connectivity index (χ0v) is 11.0. The minimum absolute atomic E-state index is 0.0831. The zero-order chi connectivity index (χ0) is 13.8. The first-order valence-electron chi connectivity index (χ1n) is 6.10. The third kappa shape index (κ3) is 3.11. The average molecular weight is 254 g/mol. The molecule has 0 radical (unpaired) electrons. The van der Waals surface area contributed by atoms with Crippen LogP contribution >= 0.6 is 0 Å². The molecule has 0 amide bonds. The summed E-state index contributed by atoms with van der Waals surface area (Å²) in [7, 11) is 0. The minimum atomic E-state index is -0.443. The Balaban J connectivity index is 2.17. The second-order valence-electron chi connectivity index (χ2n) is 4.62. The van der Waals surface area contributed by atoms with Gasteiger partial charge >= 0.3 is 0 Å². The van der Waals surface area contributed by atoms with E-state index in [2.05, 4.69) is 11.4 Å². The van der Waals surface area contributed by atoms with E-state index in [0.717, 1.165) is 16.8 Å². The van der Waals surface area contributed by atoms with Gasteiger partial charge in [-0.05, 0) is 43.2 Å². The maximum Gasteiger partial charge on any atom is 0.145 e. The van der Waals surface area contributed by atoms with E-state index in [1.165, 1.54) is 6.07 Å². The molecule has 0 saturated carbocycles. The topological polar surface area (TPSA) is 35.8 Å². The van der Waals surface area contributed by atoms with E-state index in [-0.39, 0.29) is 5.56 Å². The summed E-state index contributed by atoms with van der Waals surface area (Å²) in [6.45, 7) is 4.41. The van der Waals surface area contributed by atoms with E-state index in [0.29, 0.717) is 12.1 Å².